The molecule has 6 rings (SSSR count). The summed E-state index contributed by atoms with van der Waals surface area (Å²) >= 11 is 0. The van der Waals surface area contributed by atoms with Crippen molar-refractivity contribution in [2.45, 2.75) is 50.4 Å². The van der Waals surface area contributed by atoms with Crippen molar-refractivity contribution in [3.63, 3.8) is 0 Å². The first-order chi connectivity index (χ1) is 20.8. The SMILES string of the molecule is CN1CCN(c2ccc(CNC(=O)c3ccc(N4[C@@H]5CC[C@H]4CC(NC(=O)c4ccc(C(N)=O)cc4)C5)nc3)cc2)CC1. The Morgan fingerprint density at radius 3 is 2.05 bits per heavy atom. The van der Waals surface area contributed by atoms with Gasteiger partial charge in [-0.15, -0.1) is 0 Å². The van der Waals surface area contributed by atoms with Gasteiger partial charge in [0.05, 0.1) is 5.56 Å². The predicted molar refractivity (Wildman–Crippen MR) is 166 cm³/mol. The van der Waals surface area contributed by atoms with Gasteiger partial charge in [-0.1, -0.05) is 12.1 Å². The van der Waals surface area contributed by atoms with E-state index in [0.717, 1.165) is 63.2 Å². The molecule has 0 spiro atoms. The minimum atomic E-state index is -0.513. The summed E-state index contributed by atoms with van der Waals surface area (Å²) in [7, 11) is 2.15. The van der Waals surface area contributed by atoms with E-state index < -0.39 is 5.91 Å². The normalized spacial score (nSPS) is 21.8. The van der Waals surface area contributed by atoms with Crippen LogP contribution in [0.25, 0.3) is 0 Å². The number of piperidine rings is 1. The molecule has 2 bridgehead atoms. The zero-order valence-electron chi connectivity index (χ0n) is 24.5. The van der Waals surface area contributed by atoms with E-state index in [2.05, 4.69) is 61.6 Å². The number of carbonyl (C=O) groups excluding carboxylic acids is 3. The maximum Gasteiger partial charge on any atom is 0.253 e. The molecule has 3 atom stereocenters. The summed E-state index contributed by atoms with van der Waals surface area (Å²) < 4.78 is 0. The molecule has 2 aromatic carbocycles. The third kappa shape index (κ3) is 6.49. The first kappa shape index (κ1) is 28.7. The van der Waals surface area contributed by atoms with Crippen LogP contribution >= 0.6 is 0 Å². The number of pyridine rings is 1. The van der Waals surface area contributed by atoms with E-state index in [1.54, 1.807) is 30.5 Å². The fraction of sp³-hybridized carbons (Fsp3) is 0.394. The molecule has 4 heterocycles. The molecular formula is C33H39N7O3. The van der Waals surface area contributed by atoms with Crippen LogP contribution in [0.3, 0.4) is 0 Å². The average molecular weight is 582 g/mol. The predicted octanol–water partition coefficient (Wildman–Crippen LogP) is 2.79. The number of nitrogens with one attached hydrogen (secondary N) is 2. The Balaban J connectivity index is 1.00. The maximum atomic E-state index is 12.9. The van der Waals surface area contributed by atoms with Gasteiger partial charge < -0.3 is 31.1 Å². The largest absolute Gasteiger partial charge is 0.369 e. The zero-order valence-corrected chi connectivity index (χ0v) is 24.5. The highest BCUT2D eigenvalue weighted by atomic mass is 16.2. The summed E-state index contributed by atoms with van der Waals surface area (Å²) in [6, 6.07) is 19.2. The van der Waals surface area contributed by atoms with Crippen molar-refractivity contribution < 1.29 is 14.4 Å². The van der Waals surface area contributed by atoms with Crippen LogP contribution in [0, 0.1) is 0 Å². The van der Waals surface area contributed by atoms with Crippen LogP contribution in [0.1, 0.15) is 62.3 Å². The third-order valence-corrected chi connectivity index (χ3v) is 9.03. The van der Waals surface area contributed by atoms with E-state index in [1.807, 2.05) is 12.1 Å². The number of anilines is 2. The van der Waals surface area contributed by atoms with E-state index in [1.165, 1.54) is 5.69 Å². The highest BCUT2D eigenvalue weighted by molar-refractivity contribution is 5.97. The molecule has 0 aliphatic carbocycles. The first-order valence-electron chi connectivity index (χ1n) is 15.1. The van der Waals surface area contributed by atoms with Crippen molar-refractivity contribution in [2.75, 3.05) is 43.0 Å². The number of likely N-dealkylation sites (N-methyl/N-ethyl adjacent to an activating group) is 1. The second-order valence-electron chi connectivity index (χ2n) is 11.9. The maximum absolute atomic E-state index is 12.9. The molecule has 1 aromatic heterocycles. The van der Waals surface area contributed by atoms with Gasteiger partial charge in [0.1, 0.15) is 5.82 Å². The Bertz CT molecular complexity index is 1440. The van der Waals surface area contributed by atoms with Crippen LogP contribution in [0.4, 0.5) is 11.5 Å². The molecule has 3 amide bonds. The number of aromatic nitrogens is 1. The Kier molecular flexibility index (Phi) is 8.29. The Morgan fingerprint density at radius 2 is 1.44 bits per heavy atom. The fourth-order valence-corrected chi connectivity index (χ4v) is 6.57. The highest BCUT2D eigenvalue weighted by Crippen LogP contribution is 2.38. The molecule has 10 heteroatoms. The standard InChI is InChI=1S/C33H39N7O3/c1-38-14-16-39(17-15-38)27-9-2-22(3-10-27)20-36-32(42)25-8-13-30(35-21-25)40-28-11-12-29(40)19-26(18-28)37-33(43)24-6-4-23(5-7-24)31(34)41/h2-10,13,21,26,28-29H,11-12,14-20H2,1H3,(H2,34,41)(H,36,42)(H,37,43)/t26?,28-,29+. The van der Waals surface area contributed by atoms with E-state index in [-0.39, 0.29) is 29.9 Å². The van der Waals surface area contributed by atoms with Gasteiger partial charge in [-0.3, -0.25) is 14.4 Å². The second-order valence-corrected chi connectivity index (χ2v) is 11.9. The quantitative estimate of drug-likeness (QED) is 0.374. The van der Waals surface area contributed by atoms with Crippen LogP contribution in [0.15, 0.2) is 66.9 Å². The molecule has 3 aliphatic heterocycles. The van der Waals surface area contributed by atoms with Crippen LogP contribution in [0.5, 0.6) is 0 Å². The number of carbonyl (C=O) groups is 3. The summed E-state index contributed by atoms with van der Waals surface area (Å²) in [6.45, 7) is 4.66. The van der Waals surface area contributed by atoms with Crippen molar-refractivity contribution in [1.82, 2.24) is 20.5 Å². The molecule has 0 radical (unpaired) electrons. The first-order valence-corrected chi connectivity index (χ1v) is 15.1. The van der Waals surface area contributed by atoms with E-state index >= 15 is 0 Å². The summed E-state index contributed by atoms with van der Waals surface area (Å²) in [6.07, 6.45) is 5.41. The molecule has 1 unspecified atom stereocenters. The lowest BCUT2D eigenvalue weighted by molar-refractivity contribution is 0.0923. The van der Waals surface area contributed by atoms with Gasteiger partial charge in [0, 0.05) is 73.9 Å². The van der Waals surface area contributed by atoms with Crippen molar-refractivity contribution in [3.05, 3.63) is 89.1 Å². The van der Waals surface area contributed by atoms with E-state index in [0.29, 0.717) is 23.2 Å². The minimum absolute atomic E-state index is 0.0674. The number of primary amides is 1. The van der Waals surface area contributed by atoms with Crippen LogP contribution in [0.2, 0.25) is 0 Å². The number of amides is 3. The van der Waals surface area contributed by atoms with E-state index in [4.69, 9.17) is 5.73 Å². The summed E-state index contributed by atoms with van der Waals surface area (Å²) in [4.78, 5) is 48.8. The number of hydrogen-bond acceptors (Lipinski definition) is 7. The van der Waals surface area contributed by atoms with Crippen molar-refractivity contribution in [2.24, 2.45) is 5.73 Å². The molecule has 3 fully saturated rings. The molecule has 43 heavy (non-hydrogen) atoms. The van der Waals surface area contributed by atoms with Gasteiger partial charge in [0.2, 0.25) is 5.91 Å². The number of hydrogen-bond donors (Lipinski definition) is 3. The van der Waals surface area contributed by atoms with Gasteiger partial charge in [-0.05, 0) is 86.8 Å². The lowest BCUT2D eigenvalue weighted by Gasteiger charge is -2.40. The highest BCUT2D eigenvalue weighted by Gasteiger charge is 2.41. The number of benzene rings is 2. The van der Waals surface area contributed by atoms with Crippen molar-refractivity contribution in [3.8, 4) is 0 Å². The average Bonchev–Trinajstić information content (AvgIpc) is 3.30. The Morgan fingerprint density at radius 1 is 0.814 bits per heavy atom. The molecule has 3 aromatic rings. The Labute approximate surface area is 252 Å². The molecule has 10 nitrogen and oxygen atoms in total. The van der Waals surface area contributed by atoms with Crippen molar-refractivity contribution in [1.29, 1.82) is 0 Å². The summed E-state index contributed by atoms with van der Waals surface area (Å²) in [5, 5.41) is 6.19. The molecule has 0 saturated carbocycles. The van der Waals surface area contributed by atoms with Gasteiger partial charge >= 0.3 is 0 Å². The number of nitrogens with two attached hydrogens (primary N) is 1. The lowest BCUT2D eigenvalue weighted by Crippen LogP contribution is -2.50. The molecular weight excluding hydrogens is 542 g/mol. The fourth-order valence-electron chi connectivity index (χ4n) is 6.57. The molecule has 3 aliphatic rings. The number of fused-ring (bicyclic) bond motifs is 2. The number of nitrogens with zero attached hydrogens (tertiary/aromatic N) is 4. The minimum Gasteiger partial charge on any atom is -0.369 e. The van der Waals surface area contributed by atoms with Crippen LogP contribution < -0.4 is 26.2 Å². The van der Waals surface area contributed by atoms with Gasteiger partial charge in [-0.25, -0.2) is 4.98 Å². The molecule has 3 saturated heterocycles. The Hall–Kier alpha value is -4.44. The van der Waals surface area contributed by atoms with E-state index in [9.17, 15) is 14.4 Å². The zero-order chi connectivity index (χ0) is 29.9. The second kappa shape index (κ2) is 12.4. The monoisotopic (exact) mass is 581 g/mol. The molecule has 224 valence electrons. The van der Waals surface area contributed by atoms with Crippen molar-refractivity contribution >= 4 is 29.2 Å². The topological polar surface area (TPSA) is 124 Å². The van der Waals surface area contributed by atoms with Crippen LogP contribution in [-0.4, -0.2) is 79.0 Å². The van der Waals surface area contributed by atoms with Gasteiger partial charge in [0.25, 0.3) is 11.8 Å². The summed E-state index contributed by atoms with van der Waals surface area (Å²) in [5.41, 5.74) is 9.01. The van der Waals surface area contributed by atoms with Gasteiger partial charge in [-0.2, -0.15) is 0 Å². The smallest absolute Gasteiger partial charge is 0.253 e. The number of rotatable bonds is 8. The molecule has 4 N–H and O–H groups in total. The van der Waals surface area contributed by atoms with Crippen LogP contribution in [-0.2, 0) is 6.54 Å². The van der Waals surface area contributed by atoms with Gasteiger partial charge in [0.15, 0.2) is 0 Å². The lowest BCUT2D eigenvalue weighted by atomic mass is 9.96. The summed E-state index contributed by atoms with van der Waals surface area (Å²) in [5.74, 6) is 0.0692. The number of piperazine rings is 1. The third-order valence-electron chi connectivity index (χ3n) is 9.03.